The molecule has 8 heteroatoms. The summed E-state index contributed by atoms with van der Waals surface area (Å²) >= 11 is 5.67. The van der Waals surface area contributed by atoms with E-state index in [1.807, 2.05) is 19.3 Å². The summed E-state index contributed by atoms with van der Waals surface area (Å²) in [7, 11) is -1.74. The Morgan fingerprint density at radius 1 is 1.42 bits per heavy atom. The van der Waals surface area contributed by atoms with Crippen LogP contribution in [0.3, 0.4) is 0 Å². The fourth-order valence-electron chi connectivity index (χ4n) is 1.55. The highest BCUT2D eigenvalue weighted by Crippen LogP contribution is 2.12. The summed E-state index contributed by atoms with van der Waals surface area (Å²) in [6.45, 7) is 0.277. The summed E-state index contributed by atoms with van der Waals surface area (Å²) in [5.41, 5.74) is 0.831. The van der Waals surface area contributed by atoms with Crippen molar-refractivity contribution in [2.24, 2.45) is 7.05 Å². The molecule has 0 radical (unpaired) electrons. The minimum atomic E-state index is -3.56. The lowest BCUT2D eigenvalue weighted by molar-refractivity contribution is 0.581. The molecule has 0 atom stereocenters. The quantitative estimate of drug-likeness (QED) is 0.835. The summed E-state index contributed by atoms with van der Waals surface area (Å²) in [5, 5.41) is 4.31. The number of pyridine rings is 1. The normalized spacial score (nSPS) is 11.7. The Labute approximate surface area is 116 Å². The molecule has 2 heterocycles. The van der Waals surface area contributed by atoms with Crippen molar-refractivity contribution in [1.82, 2.24) is 19.5 Å². The van der Waals surface area contributed by atoms with Gasteiger partial charge in [-0.2, -0.15) is 5.10 Å². The molecule has 0 aliphatic heterocycles. The van der Waals surface area contributed by atoms with Gasteiger partial charge in [0.05, 0.1) is 10.6 Å². The molecule has 2 rings (SSSR count). The van der Waals surface area contributed by atoms with Crippen molar-refractivity contribution in [1.29, 1.82) is 0 Å². The van der Waals surface area contributed by atoms with E-state index < -0.39 is 10.0 Å². The third kappa shape index (κ3) is 3.76. The van der Waals surface area contributed by atoms with E-state index in [1.54, 1.807) is 4.68 Å². The van der Waals surface area contributed by atoms with Gasteiger partial charge in [-0.15, -0.1) is 0 Å². The zero-order valence-electron chi connectivity index (χ0n) is 10.2. The Bertz CT molecular complexity index is 669. The van der Waals surface area contributed by atoms with Crippen LogP contribution >= 0.6 is 11.6 Å². The monoisotopic (exact) mass is 300 g/mol. The molecule has 6 nitrogen and oxygen atoms in total. The first-order valence-corrected chi connectivity index (χ1v) is 7.43. The third-order valence-electron chi connectivity index (χ3n) is 2.45. The number of halogens is 1. The van der Waals surface area contributed by atoms with Crippen LogP contribution in [0.5, 0.6) is 0 Å². The number of aryl methyl sites for hydroxylation is 1. The maximum absolute atomic E-state index is 12.0. The summed E-state index contributed by atoms with van der Waals surface area (Å²) in [6.07, 6.45) is 3.70. The zero-order chi connectivity index (χ0) is 13.9. The molecule has 0 aliphatic carbocycles. The highest BCUT2D eigenvalue weighted by Gasteiger charge is 2.14. The van der Waals surface area contributed by atoms with Crippen molar-refractivity contribution < 1.29 is 8.42 Å². The van der Waals surface area contributed by atoms with E-state index in [4.69, 9.17) is 11.6 Å². The van der Waals surface area contributed by atoms with Crippen LogP contribution in [0.1, 0.15) is 5.69 Å². The molecule has 19 heavy (non-hydrogen) atoms. The lowest BCUT2D eigenvalue weighted by Crippen LogP contribution is -2.26. The molecular formula is C11H13ClN4O2S. The van der Waals surface area contributed by atoms with Crippen LogP contribution < -0.4 is 4.72 Å². The molecule has 0 amide bonds. The Hall–Kier alpha value is -1.44. The molecule has 2 aromatic rings. The first kappa shape index (κ1) is 14.0. The second kappa shape index (κ2) is 5.68. The van der Waals surface area contributed by atoms with Crippen molar-refractivity contribution in [2.75, 3.05) is 6.54 Å². The maximum Gasteiger partial charge on any atom is 0.240 e. The van der Waals surface area contributed by atoms with Crippen LogP contribution in [0, 0.1) is 0 Å². The topological polar surface area (TPSA) is 76.9 Å². The Morgan fingerprint density at radius 2 is 2.21 bits per heavy atom. The predicted molar refractivity (Wildman–Crippen MR) is 71.3 cm³/mol. The van der Waals surface area contributed by atoms with Crippen LogP contribution in [0.15, 0.2) is 35.5 Å². The van der Waals surface area contributed by atoms with Crippen LogP contribution in [-0.4, -0.2) is 29.7 Å². The zero-order valence-corrected chi connectivity index (χ0v) is 11.8. The maximum atomic E-state index is 12.0. The average molecular weight is 301 g/mol. The van der Waals surface area contributed by atoms with Crippen molar-refractivity contribution in [3.63, 3.8) is 0 Å². The largest absolute Gasteiger partial charge is 0.276 e. The molecule has 0 aliphatic rings. The van der Waals surface area contributed by atoms with E-state index in [2.05, 4.69) is 14.8 Å². The van der Waals surface area contributed by atoms with Gasteiger partial charge >= 0.3 is 0 Å². The van der Waals surface area contributed by atoms with E-state index in [1.165, 1.54) is 18.3 Å². The molecule has 0 fully saturated rings. The van der Waals surface area contributed by atoms with Crippen LogP contribution in [0.4, 0.5) is 0 Å². The van der Waals surface area contributed by atoms with Gasteiger partial charge in [-0.25, -0.2) is 18.1 Å². The Kier molecular flexibility index (Phi) is 4.18. The Balaban J connectivity index is 1.98. The van der Waals surface area contributed by atoms with Gasteiger partial charge in [-0.3, -0.25) is 4.68 Å². The van der Waals surface area contributed by atoms with Gasteiger partial charge in [-0.05, 0) is 18.2 Å². The first-order valence-electron chi connectivity index (χ1n) is 5.57. The summed E-state index contributed by atoms with van der Waals surface area (Å²) < 4.78 is 28.1. The second-order valence-corrected chi connectivity index (χ2v) is 6.10. The van der Waals surface area contributed by atoms with E-state index in [9.17, 15) is 8.42 Å². The molecule has 0 saturated carbocycles. The number of rotatable bonds is 5. The summed E-state index contributed by atoms with van der Waals surface area (Å²) in [4.78, 5) is 3.85. The van der Waals surface area contributed by atoms with Gasteiger partial charge in [0.15, 0.2) is 0 Å². The minimum Gasteiger partial charge on any atom is -0.276 e. The van der Waals surface area contributed by atoms with E-state index in [0.29, 0.717) is 6.42 Å². The molecule has 0 bridgehead atoms. The third-order valence-corrected chi connectivity index (χ3v) is 4.12. The number of sulfonamides is 1. The summed E-state index contributed by atoms with van der Waals surface area (Å²) in [5.74, 6) is 0. The average Bonchev–Trinajstić information content (AvgIpc) is 2.75. The molecule has 0 aromatic carbocycles. The highest BCUT2D eigenvalue weighted by molar-refractivity contribution is 7.89. The van der Waals surface area contributed by atoms with Crippen molar-refractivity contribution >= 4 is 21.6 Å². The first-order chi connectivity index (χ1) is 8.97. The fourth-order valence-corrected chi connectivity index (χ4v) is 2.83. The molecule has 1 N–H and O–H groups in total. The number of hydrogen-bond acceptors (Lipinski definition) is 4. The number of aromatic nitrogens is 3. The van der Waals surface area contributed by atoms with E-state index >= 15 is 0 Å². The molecule has 0 spiro atoms. The van der Waals surface area contributed by atoms with Gasteiger partial charge in [0.1, 0.15) is 5.15 Å². The van der Waals surface area contributed by atoms with E-state index in [0.717, 1.165) is 5.69 Å². The highest BCUT2D eigenvalue weighted by atomic mass is 35.5. The number of hydrogen-bond donors (Lipinski definition) is 1. The van der Waals surface area contributed by atoms with Gasteiger partial charge < -0.3 is 0 Å². The minimum absolute atomic E-state index is 0.105. The molecule has 102 valence electrons. The number of nitrogens with one attached hydrogen (secondary N) is 1. The van der Waals surface area contributed by atoms with Crippen molar-refractivity contribution in [2.45, 2.75) is 11.3 Å². The van der Waals surface area contributed by atoms with Crippen LogP contribution in [0.2, 0.25) is 5.15 Å². The van der Waals surface area contributed by atoms with Gasteiger partial charge in [0.25, 0.3) is 0 Å². The lowest BCUT2D eigenvalue weighted by Gasteiger charge is -2.05. The predicted octanol–water partition coefficient (Wildman–Crippen LogP) is 0.989. The fraction of sp³-hybridized carbons (Fsp3) is 0.273. The van der Waals surface area contributed by atoms with Crippen LogP contribution in [-0.2, 0) is 23.5 Å². The SMILES string of the molecule is Cn1ccc(CCNS(=O)(=O)c2ccnc(Cl)c2)n1. The molecule has 0 saturated heterocycles. The summed E-state index contributed by atoms with van der Waals surface area (Å²) in [6, 6.07) is 4.55. The standard InChI is InChI=1S/C11H13ClN4O2S/c1-16-7-4-9(15-16)2-6-14-19(17,18)10-3-5-13-11(12)8-10/h3-5,7-8,14H,2,6H2,1H3. The Morgan fingerprint density at radius 3 is 2.84 bits per heavy atom. The van der Waals surface area contributed by atoms with Crippen molar-refractivity contribution in [3.8, 4) is 0 Å². The van der Waals surface area contributed by atoms with Crippen LogP contribution in [0.25, 0.3) is 0 Å². The van der Waals surface area contributed by atoms with Gasteiger partial charge in [-0.1, -0.05) is 11.6 Å². The van der Waals surface area contributed by atoms with Gasteiger partial charge in [0, 0.05) is 32.4 Å². The van der Waals surface area contributed by atoms with E-state index in [-0.39, 0.29) is 16.6 Å². The molecular weight excluding hydrogens is 288 g/mol. The molecule has 0 unspecified atom stereocenters. The lowest BCUT2D eigenvalue weighted by atomic mass is 10.3. The smallest absolute Gasteiger partial charge is 0.240 e. The van der Waals surface area contributed by atoms with Crippen molar-refractivity contribution in [3.05, 3.63) is 41.4 Å². The second-order valence-electron chi connectivity index (χ2n) is 3.94. The van der Waals surface area contributed by atoms with Gasteiger partial charge in [0.2, 0.25) is 10.0 Å². The number of nitrogens with zero attached hydrogens (tertiary/aromatic N) is 3. The molecule has 2 aromatic heterocycles.